The minimum absolute atomic E-state index is 0.0344. The molecule has 5 heteroatoms. The number of carbonyl (C=O) groups is 1. The summed E-state index contributed by atoms with van der Waals surface area (Å²) < 4.78 is 19.1. The van der Waals surface area contributed by atoms with Gasteiger partial charge >= 0.3 is 0 Å². The fourth-order valence-corrected chi connectivity index (χ4v) is 1.23. The van der Waals surface area contributed by atoms with Gasteiger partial charge in [-0.3, -0.25) is 4.79 Å². The Labute approximate surface area is 106 Å². The zero-order valence-corrected chi connectivity index (χ0v) is 11.1. The summed E-state index contributed by atoms with van der Waals surface area (Å²) in [4.78, 5) is 11.6. The number of nitrogens with two attached hydrogens (primary N) is 1. The van der Waals surface area contributed by atoms with Gasteiger partial charge in [0.2, 0.25) is 5.91 Å². The fourth-order valence-electron chi connectivity index (χ4n) is 1.23. The highest BCUT2D eigenvalue weighted by Gasteiger charge is 2.22. The summed E-state index contributed by atoms with van der Waals surface area (Å²) in [5.74, 6) is -0.572. The Morgan fingerprint density at radius 3 is 2.50 bits per heavy atom. The second kappa shape index (κ2) is 5.35. The molecular formula is C13H19FN2O2. The first kappa shape index (κ1) is 14.4. The Morgan fingerprint density at radius 2 is 2.06 bits per heavy atom. The van der Waals surface area contributed by atoms with Crippen LogP contribution in [0.3, 0.4) is 0 Å². The molecule has 0 aliphatic heterocycles. The molecule has 18 heavy (non-hydrogen) atoms. The summed E-state index contributed by atoms with van der Waals surface area (Å²) in [6.45, 7) is 6.81. The van der Waals surface area contributed by atoms with Crippen LogP contribution in [0, 0.1) is 5.82 Å². The lowest BCUT2D eigenvalue weighted by molar-refractivity contribution is -0.120. The highest BCUT2D eigenvalue weighted by molar-refractivity contribution is 5.97. The van der Waals surface area contributed by atoms with Crippen molar-refractivity contribution >= 4 is 11.6 Å². The summed E-state index contributed by atoms with van der Waals surface area (Å²) in [5, 5.41) is 2.44. The van der Waals surface area contributed by atoms with Gasteiger partial charge in [-0.1, -0.05) is 0 Å². The highest BCUT2D eigenvalue weighted by atomic mass is 19.1. The molecule has 4 nitrogen and oxygen atoms in total. The molecule has 0 spiro atoms. The van der Waals surface area contributed by atoms with E-state index in [2.05, 4.69) is 5.32 Å². The van der Waals surface area contributed by atoms with Crippen LogP contribution < -0.4 is 15.8 Å². The van der Waals surface area contributed by atoms with Gasteiger partial charge in [-0.25, -0.2) is 4.39 Å². The van der Waals surface area contributed by atoms with Gasteiger partial charge < -0.3 is 15.8 Å². The Hall–Kier alpha value is -1.62. The van der Waals surface area contributed by atoms with Gasteiger partial charge in [0.25, 0.3) is 0 Å². The van der Waals surface area contributed by atoms with E-state index in [0.717, 1.165) is 0 Å². The lowest BCUT2D eigenvalue weighted by atomic mass is 10.1. The standard InChI is InChI=1S/C13H19FN2O2/c1-8(2)18-9-5-6-11(10(14)7-9)16-12(17)13(3,4)15/h5-8H,15H2,1-4H3,(H,16,17). The van der Waals surface area contributed by atoms with Crippen molar-refractivity contribution in [2.75, 3.05) is 5.32 Å². The van der Waals surface area contributed by atoms with Crippen molar-refractivity contribution in [2.45, 2.75) is 39.3 Å². The molecule has 0 bridgehead atoms. The monoisotopic (exact) mass is 254 g/mol. The second-order valence-electron chi connectivity index (χ2n) is 4.98. The molecule has 0 aromatic heterocycles. The fraction of sp³-hybridized carbons (Fsp3) is 0.462. The Balaban J connectivity index is 2.83. The Kier molecular flexibility index (Phi) is 4.29. The minimum Gasteiger partial charge on any atom is -0.491 e. The van der Waals surface area contributed by atoms with Gasteiger partial charge in [-0.05, 0) is 39.8 Å². The van der Waals surface area contributed by atoms with Crippen molar-refractivity contribution in [1.82, 2.24) is 0 Å². The predicted molar refractivity (Wildman–Crippen MR) is 69.1 cm³/mol. The van der Waals surface area contributed by atoms with Gasteiger partial charge in [0.1, 0.15) is 11.6 Å². The summed E-state index contributed by atoms with van der Waals surface area (Å²) in [7, 11) is 0. The molecule has 0 fully saturated rings. The molecule has 0 radical (unpaired) electrons. The number of anilines is 1. The summed E-state index contributed by atoms with van der Waals surface area (Å²) in [5.41, 5.74) is 4.65. The Bertz CT molecular complexity index is 439. The lowest BCUT2D eigenvalue weighted by Gasteiger charge is -2.18. The van der Waals surface area contributed by atoms with Gasteiger partial charge in [0, 0.05) is 6.07 Å². The van der Waals surface area contributed by atoms with Crippen LogP contribution in [0.15, 0.2) is 18.2 Å². The topological polar surface area (TPSA) is 64.3 Å². The molecule has 3 N–H and O–H groups in total. The molecule has 0 saturated carbocycles. The molecule has 0 aliphatic carbocycles. The van der Waals surface area contributed by atoms with Crippen molar-refractivity contribution in [3.63, 3.8) is 0 Å². The van der Waals surface area contributed by atoms with Crippen LogP contribution in [0.4, 0.5) is 10.1 Å². The third kappa shape index (κ3) is 4.00. The van der Waals surface area contributed by atoms with Crippen LogP contribution >= 0.6 is 0 Å². The Morgan fingerprint density at radius 1 is 1.44 bits per heavy atom. The van der Waals surface area contributed by atoms with Crippen LogP contribution in [0.1, 0.15) is 27.7 Å². The molecule has 1 aromatic rings. The first-order valence-corrected chi connectivity index (χ1v) is 5.76. The summed E-state index contributed by atoms with van der Waals surface area (Å²) in [6, 6.07) is 4.29. The molecule has 1 aromatic carbocycles. The quantitative estimate of drug-likeness (QED) is 0.866. The molecule has 0 heterocycles. The largest absolute Gasteiger partial charge is 0.491 e. The first-order valence-electron chi connectivity index (χ1n) is 5.76. The van der Waals surface area contributed by atoms with E-state index in [4.69, 9.17) is 10.5 Å². The van der Waals surface area contributed by atoms with Crippen LogP contribution in [-0.2, 0) is 4.79 Å². The molecule has 100 valence electrons. The van der Waals surface area contributed by atoms with E-state index < -0.39 is 17.3 Å². The van der Waals surface area contributed by atoms with Crippen LogP contribution in [0.25, 0.3) is 0 Å². The summed E-state index contributed by atoms with van der Waals surface area (Å²) in [6.07, 6.45) is -0.0344. The van der Waals surface area contributed by atoms with Crippen molar-refractivity contribution in [3.05, 3.63) is 24.0 Å². The van der Waals surface area contributed by atoms with Gasteiger partial charge in [-0.2, -0.15) is 0 Å². The maximum atomic E-state index is 13.7. The zero-order valence-electron chi connectivity index (χ0n) is 11.1. The van der Waals surface area contributed by atoms with Crippen molar-refractivity contribution in [1.29, 1.82) is 0 Å². The van der Waals surface area contributed by atoms with E-state index in [-0.39, 0.29) is 11.8 Å². The number of halogens is 1. The van der Waals surface area contributed by atoms with Gasteiger partial charge in [-0.15, -0.1) is 0 Å². The predicted octanol–water partition coefficient (Wildman–Crippen LogP) is 2.29. The number of benzene rings is 1. The molecule has 0 unspecified atom stereocenters. The average molecular weight is 254 g/mol. The van der Waals surface area contributed by atoms with Crippen molar-refractivity contribution in [2.24, 2.45) is 5.73 Å². The van der Waals surface area contributed by atoms with E-state index >= 15 is 0 Å². The third-order valence-electron chi connectivity index (χ3n) is 2.15. The maximum absolute atomic E-state index is 13.7. The molecule has 1 amide bonds. The van der Waals surface area contributed by atoms with Gasteiger partial charge in [0.05, 0.1) is 17.3 Å². The first-order chi connectivity index (χ1) is 8.20. The number of hydrogen-bond acceptors (Lipinski definition) is 3. The van der Waals surface area contributed by atoms with E-state index in [0.29, 0.717) is 5.75 Å². The van der Waals surface area contributed by atoms with E-state index in [1.807, 2.05) is 13.8 Å². The minimum atomic E-state index is -1.06. The number of ether oxygens (including phenoxy) is 1. The average Bonchev–Trinajstić information content (AvgIpc) is 2.19. The maximum Gasteiger partial charge on any atom is 0.243 e. The smallest absolute Gasteiger partial charge is 0.243 e. The number of amides is 1. The van der Waals surface area contributed by atoms with E-state index in [1.54, 1.807) is 19.9 Å². The lowest BCUT2D eigenvalue weighted by Crippen LogP contribution is -2.45. The van der Waals surface area contributed by atoms with E-state index in [1.165, 1.54) is 12.1 Å². The number of nitrogens with one attached hydrogen (secondary N) is 1. The van der Waals surface area contributed by atoms with Crippen LogP contribution in [0.2, 0.25) is 0 Å². The molecule has 0 atom stereocenters. The highest BCUT2D eigenvalue weighted by Crippen LogP contribution is 2.22. The molecular weight excluding hydrogens is 235 g/mol. The number of hydrogen-bond donors (Lipinski definition) is 2. The number of rotatable bonds is 4. The van der Waals surface area contributed by atoms with Crippen LogP contribution in [-0.4, -0.2) is 17.6 Å². The normalized spacial score (nSPS) is 11.5. The van der Waals surface area contributed by atoms with Crippen molar-refractivity contribution < 1.29 is 13.9 Å². The number of carbonyl (C=O) groups excluding carboxylic acids is 1. The third-order valence-corrected chi connectivity index (χ3v) is 2.15. The molecule has 0 saturated heterocycles. The molecule has 1 rings (SSSR count). The van der Waals surface area contributed by atoms with Gasteiger partial charge in [0.15, 0.2) is 0 Å². The summed E-state index contributed by atoms with van der Waals surface area (Å²) >= 11 is 0. The SMILES string of the molecule is CC(C)Oc1ccc(NC(=O)C(C)(C)N)c(F)c1. The van der Waals surface area contributed by atoms with Crippen LogP contribution in [0.5, 0.6) is 5.75 Å². The van der Waals surface area contributed by atoms with E-state index in [9.17, 15) is 9.18 Å². The van der Waals surface area contributed by atoms with Crippen molar-refractivity contribution in [3.8, 4) is 5.75 Å². The zero-order chi connectivity index (χ0) is 13.9. The molecule has 0 aliphatic rings. The second-order valence-corrected chi connectivity index (χ2v) is 4.98.